The van der Waals surface area contributed by atoms with Crippen molar-refractivity contribution in [1.29, 1.82) is 0 Å². The number of benzene rings is 2. The maximum Gasteiger partial charge on any atom is 0.234 e. The summed E-state index contributed by atoms with van der Waals surface area (Å²) < 4.78 is 12.4. The molecule has 0 radical (unpaired) electrons. The fourth-order valence-corrected chi connectivity index (χ4v) is 5.21. The Morgan fingerprint density at radius 2 is 1.94 bits per heavy atom. The van der Waals surface area contributed by atoms with Gasteiger partial charge in [-0.25, -0.2) is 4.98 Å². The number of carbonyl (C=O) groups is 1. The second-order valence-electron chi connectivity index (χ2n) is 7.52. The third-order valence-corrected chi connectivity index (χ3v) is 7.16. The van der Waals surface area contributed by atoms with Crippen molar-refractivity contribution in [1.82, 2.24) is 19.6 Å². The molecule has 0 spiro atoms. The molecule has 1 N–H and O–H groups in total. The normalized spacial score (nSPS) is 11.1. The van der Waals surface area contributed by atoms with Crippen LogP contribution in [0.1, 0.15) is 5.56 Å². The molecule has 0 saturated carbocycles. The van der Waals surface area contributed by atoms with Crippen molar-refractivity contribution >= 4 is 50.6 Å². The highest BCUT2D eigenvalue weighted by molar-refractivity contribution is 7.99. The molecule has 1 amide bonds. The lowest BCUT2D eigenvalue weighted by Gasteiger charge is -2.11. The molecule has 172 valence electrons. The Balaban J connectivity index is 1.39. The number of ether oxygens (including phenoxy) is 2. The first kappa shape index (κ1) is 22.2. The smallest absolute Gasteiger partial charge is 0.234 e. The number of nitrogens with one attached hydrogen (secondary N) is 1. The second-order valence-corrected chi connectivity index (χ2v) is 9.32. The molecule has 5 rings (SSSR count). The van der Waals surface area contributed by atoms with Gasteiger partial charge in [0, 0.05) is 17.0 Å². The number of hydrogen-bond donors (Lipinski definition) is 1. The van der Waals surface area contributed by atoms with Crippen molar-refractivity contribution in [2.24, 2.45) is 0 Å². The summed E-state index contributed by atoms with van der Waals surface area (Å²) in [4.78, 5) is 18.1. The van der Waals surface area contributed by atoms with Crippen LogP contribution < -0.4 is 14.8 Å². The molecule has 34 heavy (non-hydrogen) atoms. The number of anilines is 1. The van der Waals surface area contributed by atoms with E-state index in [9.17, 15) is 4.79 Å². The van der Waals surface area contributed by atoms with Gasteiger partial charge in [-0.1, -0.05) is 41.6 Å². The van der Waals surface area contributed by atoms with Gasteiger partial charge in [0.2, 0.25) is 5.91 Å². The standard InChI is InChI=1S/C24H21N5O3S2/c1-14-4-6-15(7-5-14)17-11-33-23-21(17)22-27-28-24(29(22)13-25-23)34-12-20(30)26-18-10-16(31-2)8-9-19(18)32-3/h4-11,13H,12H2,1-3H3,(H,26,30). The fourth-order valence-electron chi connectivity index (χ4n) is 3.59. The lowest BCUT2D eigenvalue weighted by molar-refractivity contribution is -0.113. The van der Waals surface area contributed by atoms with E-state index in [2.05, 4.69) is 57.1 Å². The van der Waals surface area contributed by atoms with Crippen LogP contribution in [0.25, 0.3) is 27.0 Å². The SMILES string of the molecule is COc1ccc(OC)c(NC(=O)CSc2nnc3c4c(-c5ccc(C)cc5)csc4ncn23)c1. The monoisotopic (exact) mass is 491 g/mol. The largest absolute Gasteiger partial charge is 0.497 e. The van der Waals surface area contributed by atoms with Gasteiger partial charge in [0.15, 0.2) is 10.8 Å². The van der Waals surface area contributed by atoms with Crippen LogP contribution in [0.4, 0.5) is 5.69 Å². The number of aromatic nitrogens is 4. The van der Waals surface area contributed by atoms with Crippen LogP contribution in [0.5, 0.6) is 11.5 Å². The van der Waals surface area contributed by atoms with Gasteiger partial charge in [0.25, 0.3) is 0 Å². The van der Waals surface area contributed by atoms with Crippen LogP contribution in [0.15, 0.2) is 59.3 Å². The molecule has 0 aliphatic rings. The van der Waals surface area contributed by atoms with Crippen molar-refractivity contribution in [2.45, 2.75) is 12.1 Å². The average molecular weight is 492 g/mol. The molecule has 0 bridgehead atoms. The van der Waals surface area contributed by atoms with Crippen molar-refractivity contribution in [2.75, 3.05) is 25.3 Å². The maximum absolute atomic E-state index is 12.6. The molecule has 8 nitrogen and oxygen atoms in total. The zero-order valence-electron chi connectivity index (χ0n) is 18.7. The molecule has 3 heterocycles. The molecular formula is C24H21N5O3S2. The summed E-state index contributed by atoms with van der Waals surface area (Å²) >= 11 is 2.87. The number of hydrogen-bond acceptors (Lipinski definition) is 8. The summed E-state index contributed by atoms with van der Waals surface area (Å²) in [5.74, 6) is 1.13. The number of thioether (sulfide) groups is 1. The Bertz CT molecular complexity index is 1490. The quantitative estimate of drug-likeness (QED) is 0.318. The zero-order chi connectivity index (χ0) is 23.7. The Morgan fingerprint density at radius 1 is 1.12 bits per heavy atom. The summed E-state index contributed by atoms with van der Waals surface area (Å²) in [6.07, 6.45) is 1.71. The molecule has 3 aromatic heterocycles. The molecule has 0 fully saturated rings. The van der Waals surface area contributed by atoms with Gasteiger partial charge in [0.1, 0.15) is 22.7 Å². The van der Waals surface area contributed by atoms with E-state index in [0.717, 1.165) is 27.0 Å². The first-order valence-corrected chi connectivity index (χ1v) is 12.3. The minimum Gasteiger partial charge on any atom is -0.497 e. The third kappa shape index (κ3) is 4.17. The van der Waals surface area contributed by atoms with Crippen LogP contribution in [0.3, 0.4) is 0 Å². The van der Waals surface area contributed by atoms with E-state index >= 15 is 0 Å². The van der Waals surface area contributed by atoms with Gasteiger partial charge < -0.3 is 14.8 Å². The molecule has 0 unspecified atom stereocenters. The molecule has 5 aromatic rings. The number of fused-ring (bicyclic) bond motifs is 3. The molecule has 2 aromatic carbocycles. The molecule has 0 aliphatic carbocycles. The van der Waals surface area contributed by atoms with Crippen molar-refractivity contribution in [3.05, 3.63) is 59.7 Å². The summed E-state index contributed by atoms with van der Waals surface area (Å²) in [7, 11) is 3.12. The number of rotatable bonds is 7. The lowest BCUT2D eigenvalue weighted by atomic mass is 10.0. The highest BCUT2D eigenvalue weighted by Crippen LogP contribution is 2.36. The molecular weight excluding hydrogens is 470 g/mol. The van der Waals surface area contributed by atoms with Crippen molar-refractivity contribution in [3.8, 4) is 22.6 Å². The van der Waals surface area contributed by atoms with Crippen LogP contribution >= 0.6 is 23.1 Å². The third-order valence-electron chi connectivity index (χ3n) is 5.33. The summed E-state index contributed by atoms with van der Waals surface area (Å²) in [6, 6.07) is 13.6. The minimum atomic E-state index is -0.196. The Labute approximate surface area is 203 Å². The Hall–Kier alpha value is -3.63. The number of amides is 1. The van der Waals surface area contributed by atoms with E-state index in [4.69, 9.17) is 9.47 Å². The van der Waals surface area contributed by atoms with E-state index in [0.29, 0.717) is 22.3 Å². The number of nitrogens with zero attached hydrogens (tertiary/aromatic N) is 4. The van der Waals surface area contributed by atoms with Crippen LogP contribution in [0, 0.1) is 6.92 Å². The van der Waals surface area contributed by atoms with Crippen molar-refractivity contribution < 1.29 is 14.3 Å². The molecule has 0 saturated heterocycles. The van der Waals surface area contributed by atoms with Gasteiger partial charge in [0.05, 0.1) is 31.0 Å². The van der Waals surface area contributed by atoms with Gasteiger partial charge in [-0.05, 0) is 24.6 Å². The highest BCUT2D eigenvalue weighted by atomic mass is 32.2. The van der Waals surface area contributed by atoms with Gasteiger partial charge in [-0.15, -0.1) is 21.5 Å². The number of thiophene rings is 1. The molecule has 0 aliphatic heterocycles. The van der Waals surface area contributed by atoms with Crippen molar-refractivity contribution in [3.63, 3.8) is 0 Å². The maximum atomic E-state index is 12.6. The number of methoxy groups -OCH3 is 2. The zero-order valence-corrected chi connectivity index (χ0v) is 20.4. The number of aryl methyl sites for hydroxylation is 1. The van der Waals surface area contributed by atoms with Crippen LogP contribution in [0.2, 0.25) is 0 Å². The minimum absolute atomic E-state index is 0.146. The first-order valence-electron chi connectivity index (χ1n) is 10.4. The van der Waals surface area contributed by atoms with E-state index in [1.54, 1.807) is 50.1 Å². The molecule has 0 atom stereocenters. The first-order chi connectivity index (χ1) is 16.6. The van der Waals surface area contributed by atoms with Gasteiger partial charge >= 0.3 is 0 Å². The van der Waals surface area contributed by atoms with Gasteiger partial charge in [-0.3, -0.25) is 9.20 Å². The lowest BCUT2D eigenvalue weighted by Crippen LogP contribution is -2.15. The summed E-state index contributed by atoms with van der Waals surface area (Å²) in [5, 5.41) is 15.3. The van der Waals surface area contributed by atoms with Crippen LogP contribution in [-0.2, 0) is 4.79 Å². The Morgan fingerprint density at radius 3 is 2.71 bits per heavy atom. The summed E-state index contributed by atoms with van der Waals surface area (Å²) in [5.41, 5.74) is 4.65. The average Bonchev–Trinajstić information content (AvgIpc) is 3.47. The summed E-state index contributed by atoms with van der Waals surface area (Å²) in [6.45, 7) is 2.07. The fraction of sp³-hybridized carbons (Fsp3) is 0.167. The van der Waals surface area contributed by atoms with Crippen LogP contribution in [-0.4, -0.2) is 45.5 Å². The Kier molecular flexibility index (Phi) is 6.08. The second kappa shape index (κ2) is 9.32. The predicted molar refractivity (Wildman–Crippen MR) is 135 cm³/mol. The number of carbonyl (C=O) groups excluding carboxylic acids is 1. The van der Waals surface area contributed by atoms with E-state index in [-0.39, 0.29) is 11.7 Å². The highest BCUT2D eigenvalue weighted by Gasteiger charge is 2.17. The predicted octanol–water partition coefficient (Wildman–Crippen LogP) is 5.06. The topological polar surface area (TPSA) is 90.6 Å². The molecule has 10 heteroatoms. The van der Waals surface area contributed by atoms with E-state index in [1.165, 1.54) is 17.3 Å². The van der Waals surface area contributed by atoms with Gasteiger partial charge in [-0.2, -0.15) is 0 Å². The van der Waals surface area contributed by atoms with E-state index in [1.807, 2.05) is 4.40 Å². The van der Waals surface area contributed by atoms with E-state index < -0.39 is 0 Å².